The van der Waals surface area contributed by atoms with Crippen molar-refractivity contribution in [2.24, 2.45) is 0 Å². The average Bonchev–Trinajstić information content (AvgIpc) is 3.51. The number of furan rings is 1. The number of hydrogen-bond donors (Lipinski definition) is 1. The first-order chi connectivity index (χ1) is 14.7. The van der Waals surface area contributed by atoms with Crippen LogP contribution in [0.5, 0.6) is 0 Å². The third-order valence-corrected chi connectivity index (χ3v) is 6.27. The number of nitrogens with zero attached hydrogens (tertiary/aromatic N) is 2. The minimum absolute atomic E-state index is 0.0932. The van der Waals surface area contributed by atoms with Gasteiger partial charge in [-0.2, -0.15) is 0 Å². The highest BCUT2D eigenvalue weighted by Crippen LogP contribution is 2.41. The van der Waals surface area contributed by atoms with Crippen LogP contribution in [0, 0.1) is 0 Å². The number of thiocarbonyl (C=S) groups is 1. The maximum atomic E-state index is 6.34. The van der Waals surface area contributed by atoms with Gasteiger partial charge in [0.25, 0.3) is 0 Å². The summed E-state index contributed by atoms with van der Waals surface area (Å²) < 4.78 is 12.2. The Bertz CT molecular complexity index is 1020. The lowest BCUT2D eigenvalue weighted by Gasteiger charge is -2.28. The second-order valence-corrected chi connectivity index (χ2v) is 8.45. The fraction of sp³-hybridized carbons (Fsp3) is 0.304. The molecule has 3 unspecified atom stereocenters. The van der Waals surface area contributed by atoms with Gasteiger partial charge in [-0.3, -0.25) is 4.98 Å². The number of rotatable bonds is 5. The van der Waals surface area contributed by atoms with Gasteiger partial charge in [-0.15, -0.1) is 0 Å². The van der Waals surface area contributed by atoms with Crippen LogP contribution >= 0.6 is 23.8 Å². The minimum atomic E-state index is -0.0994. The molecule has 1 aromatic carbocycles. The molecule has 3 atom stereocenters. The van der Waals surface area contributed by atoms with E-state index in [9.17, 15) is 0 Å². The maximum Gasteiger partial charge on any atom is 0.170 e. The van der Waals surface area contributed by atoms with Gasteiger partial charge in [0.15, 0.2) is 5.11 Å². The van der Waals surface area contributed by atoms with Gasteiger partial charge in [-0.25, -0.2) is 0 Å². The predicted molar refractivity (Wildman–Crippen MR) is 120 cm³/mol. The molecule has 0 spiro atoms. The highest BCUT2D eigenvalue weighted by molar-refractivity contribution is 7.80. The zero-order valence-corrected chi connectivity index (χ0v) is 17.9. The molecule has 0 amide bonds. The monoisotopic (exact) mass is 439 g/mol. The summed E-state index contributed by atoms with van der Waals surface area (Å²) in [6, 6.07) is 17.4. The Morgan fingerprint density at radius 3 is 2.73 bits per heavy atom. The van der Waals surface area contributed by atoms with E-state index in [1.165, 1.54) is 0 Å². The van der Waals surface area contributed by atoms with Crippen molar-refractivity contribution < 1.29 is 9.15 Å². The number of hydrogen-bond acceptors (Lipinski definition) is 4. The number of ether oxygens (including phenoxy) is 1. The summed E-state index contributed by atoms with van der Waals surface area (Å²) in [5, 5.41) is 4.87. The van der Waals surface area contributed by atoms with Gasteiger partial charge in [0.2, 0.25) is 0 Å². The molecule has 3 aromatic rings. The molecule has 0 aliphatic carbocycles. The molecule has 2 fully saturated rings. The molecule has 5 rings (SSSR count). The zero-order valence-electron chi connectivity index (χ0n) is 16.3. The second kappa shape index (κ2) is 8.38. The lowest BCUT2D eigenvalue weighted by molar-refractivity contribution is 0.0818. The molecule has 4 heterocycles. The Kier molecular flexibility index (Phi) is 5.46. The topological polar surface area (TPSA) is 50.5 Å². The molecule has 2 aromatic heterocycles. The third-order valence-electron chi connectivity index (χ3n) is 5.67. The highest BCUT2D eigenvalue weighted by atomic mass is 35.5. The average molecular weight is 440 g/mol. The quantitative estimate of drug-likeness (QED) is 0.555. The maximum absolute atomic E-state index is 6.34. The fourth-order valence-corrected chi connectivity index (χ4v) is 4.64. The number of nitrogens with one attached hydrogen (secondary N) is 1. The Morgan fingerprint density at radius 2 is 2.00 bits per heavy atom. The normalized spacial score (nSPS) is 23.7. The molecule has 30 heavy (non-hydrogen) atoms. The molecule has 2 aliphatic rings. The van der Waals surface area contributed by atoms with Crippen molar-refractivity contribution in [3.63, 3.8) is 0 Å². The van der Waals surface area contributed by atoms with Crippen molar-refractivity contribution in [2.75, 3.05) is 13.2 Å². The van der Waals surface area contributed by atoms with Gasteiger partial charge in [-0.05, 0) is 73.6 Å². The van der Waals surface area contributed by atoms with E-state index in [4.69, 9.17) is 33.0 Å². The second-order valence-electron chi connectivity index (χ2n) is 7.62. The summed E-state index contributed by atoms with van der Waals surface area (Å²) in [4.78, 5) is 6.77. The lowest BCUT2D eigenvalue weighted by Crippen LogP contribution is -2.36. The van der Waals surface area contributed by atoms with E-state index < -0.39 is 0 Å². The molecular weight excluding hydrogens is 418 g/mol. The van der Waals surface area contributed by atoms with Crippen molar-refractivity contribution in [3.8, 4) is 11.3 Å². The van der Waals surface area contributed by atoms with E-state index >= 15 is 0 Å². The first kappa shape index (κ1) is 19.5. The highest BCUT2D eigenvalue weighted by Gasteiger charge is 2.42. The molecular formula is C23H22ClN3O2S. The van der Waals surface area contributed by atoms with Crippen molar-refractivity contribution >= 4 is 28.9 Å². The van der Waals surface area contributed by atoms with Crippen LogP contribution in [0.2, 0.25) is 5.02 Å². The molecule has 2 aliphatic heterocycles. The largest absolute Gasteiger partial charge is 0.459 e. The SMILES string of the molecule is S=C1NC(c2ccccn2)C(c2ccc(-c3ccc(Cl)cc3)o2)N1CC1CCCO1. The smallest absolute Gasteiger partial charge is 0.170 e. The van der Waals surface area contributed by atoms with E-state index in [0.29, 0.717) is 10.1 Å². The van der Waals surface area contributed by atoms with E-state index in [-0.39, 0.29) is 18.2 Å². The minimum Gasteiger partial charge on any atom is -0.459 e. The number of benzene rings is 1. The van der Waals surface area contributed by atoms with Crippen molar-refractivity contribution in [1.29, 1.82) is 0 Å². The Hall–Kier alpha value is -2.41. The third kappa shape index (κ3) is 3.83. The molecule has 0 bridgehead atoms. The predicted octanol–water partition coefficient (Wildman–Crippen LogP) is 5.15. The summed E-state index contributed by atoms with van der Waals surface area (Å²) in [6.07, 6.45) is 4.13. The van der Waals surface area contributed by atoms with Crippen LogP contribution in [-0.2, 0) is 4.74 Å². The van der Waals surface area contributed by atoms with E-state index in [1.54, 1.807) is 6.20 Å². The standard InChI is InChI=1S/C23H22ClN3O2S/c24-16-8-6-15(7-9-16)19-10-11-20(29-19)22-21(18-5-1-2-12-25-18)26-23(30)27(22)14-17-4-3-13-28-17/h1-2,5-12,17,21-22H,3-4,13-14H2,(H,26,30). The van der Waals surface area contributed by atoms with Gasteiger partial charge in [0, 0.05) is 29.9 Å². The number of pyridine rings is 1. The van der Waals surface area contributed by atoms with Crippen LogP contribution in [0.4, 0.5) is 0 Å². The molecule has 1 N–H and O–H groups in total. The number of aromatic nitrogens is 1. The van der Waals surface area contributed by atoms with Crippen LogP contribution in [0.3, 0.4) is 0 Å². The lowest BCUT2D eigenvalue weighted by atomic mass is 10.0. The molecule has 0 saturated carbocycles. The summed E-state index contributed by atoms with van der Waals surface area (Å²) in [5.41, 5.74) is 1.92. The van der Waals surface area contributed by atoms with E-state index in [2.05, 4.69) is 15.2 Å². The summed E-state index contributed by atoms with van der Waals surface area (Å²) >= 11 is 11.8. The first-order valence-electron chi connectivity index (χ1n) is 10.1. The van der Waals surface area contributed by atoms with Gasteiger partial charge in [0.05, 0.1) is 17.8 Å². The molecule has 0 radical (unpaired) electrons. The van der Waals surface area contributed by atoms with Crippen molar-refractivity contribution in [1.82, 2.24) is 15.2 Å². The van der Waals surface area contributed by atoms with Crippen molar-refractivity contribution in [2.45, 2.75) is 31.0 Å². The van der Waals surface area contributed by atoms with E-state index in [0.717, 1.165) is 48.8 Å². The molecule has 154 valence electrons. The number of halogens is 1. The van der Waals surface area contributed by atoms with Crippen LogP contribution < -0.4 is 5.32 Å². The summed E-state index contributed by atoms with van der Waals surface area (Å²) in [5.74, 6) is 1.65. The van der Waals surface area contributed by atoms with Crippen LogP contribution in [0.1, 0.15) is 36.4 Å². The molecule has 7 heteroatoms. The summed E-state index contributed by atoms with van der Waals surface area (Å²) in [7, 11) is 0. The van der Waals surface area contributed by atoms with Crippen LogP contribution in [0.25, 0.3) is 11.3 Å². The molecule has 5 nitrogen and oxygen atoms in total. The first-order valence-corrected chi connectivity index (χ1v) is 10.9. The zero-order chi connectivity index (χ0) is 20.5. The Morgan fingerprint density at radius 1 is 1.13 bits per heavy atom. The van der Waals surface area contributed by atoms with Gasteiger partial charge >= 0.3 is 0 Å². The van der Waals surface area contributed by atoms with E-state index in [1.807, 2.05) is 54.6 Å². The van der Waals surface area contributed by atoms with Gasteiger partial charge in [-0.1, -0.05) is 17.7 Å². The van der Waals surface area contributed by atoms with Gasteiger partial charge < -0.3 is 19.4 Å². The van der Waals surface area contributed by atoms with Gasteiger partial charge in [0.1, 0.15) is 17.6 Å². The Labute approximate surface area is 186 Å². The Balaban J connectivity index is 1.50. The van der Waals surface area contributed by atoms with Crippen molar-refractivity contribution in [3.05, 3.63) is 77.3 Å². The van der Waals surface area contributed by atoms with Crippen LogP contribution in [0.15, 0.2) is 65.2 Å². The fourth-order valence-electron chi connectivity index (χ4n) is 4.20. The summed E-state index contributed by atoms with van der Waals surface area (Å²) in [6.45, 7) is 1.55. The van der Waals surface area contributed by atoms with Crippen LogP contribution in [-0.4, -0.2) is 34.3 Å². The molecule has 2 saturated heterocycles.